The highest BCUT2D eigenvalue weighted by atomic mass is 19.1. The van der Waals surface area contributed by atoms with E-state index < -0.39 is 5.97 Å². The minimum absolute atomic E-state index is 0.188. The molecule has 4 nitrogen and oxygen atoms in total. The summed E-state index contributed by atoms with van der Waals surface area (Å²) in [6.45, 7) is 1.42. The van der Waals surface area contributed by atoms with Crippen molar-refractivity contribution < 1.29 is 13.9 Å². The SMILES string of the molecule is COC(=O)c1ccc(F)c(N2CCC(N)CC2)c1. The summed E-state index contributed by atoms with van der Waals surface area (Å²) >= 11 is 0. The molecule has 0 bridgehead atoms. The molecule has 2 rings (SSSR count). The zero-order valence-electron chi connectivity index (χ0n) is 10.4. The molecule has 1 saturated heterocycles. The first-order chi connectivity index (χ1) is 8.61. The average molecular weight is 252 g/mol. The Hall–Kier alpha value is -1.62. The lowest BCUT2D eigenvalue weighted by atomic mass is 10.0. The average Bonchev–Trinajstić information content (AvgIpc) is 2.39. The Morgan fingerprint density at radius 1 is 1.44 bits per heavy atom. The van der Waals surface area contributed by atoms with Gasteiger partial charge in [0.2, 0.25) is 0 Å². The van der Waals surface area contributed by atoms with Gasteiger partial charge in [0.25, 0.3) is 0 Å². The lowest BCUT2D eigenvalue weighted by Crippen LogP contribution is -2.40. The Bertz CT molecular complexity index is 443. The fourth-order valence-electron chi connectivity index (χ4n) is 2.14. The molecule has 1 aromatic carbocycles. The Morgan fingerprint density at radius 2 is 2.11 bits per heavy atom. The van der Waals surface area contributed by atoms with Crippen molar-refractivity contribution in [2.24, 2.45) is 5.73 Å². The van der Waals surface area contributed by atoms with Crippen LogP contribution in [-0.4, -0.2) is 32.2 Å². The van der Waals surface area contributed by atoms with E-state index in [9.17, 15) is 9.18 Å². The molecule has 0 radical (unpaired) electrons. The summed E-state index contributed by atoms with van der Waals surface area (Å²) in [4.78, 5) is 13.4. The maximum Gasteiger partial charge on any atom is 0.337 e. The maximum atomic E-state index is 13.8. The Kier molecular flexibility index (Phi) is 3.81. The number of anilines is 1. The van der Waals surface area contributed by atoms with Gasteiger partial charge in [0.05, 0.1) is 18.4 Å². The highest BCUT2D eigenvalue weighted by molar-refractivity contribution is 5.90. The first-order valence-corrected chi connectivity index (χ1v) is 6.00. The minimum atomic E-state index is -0.454. The predicted octanol–water partition coefficient (Wildman–Crippen LogP) is 1.54. The van der Waals surface area contributed by atoms with Crippen molar-refractivity contribution in [3.05, 3.63) is 29.6 Å². The van der Waals surface area contributed by atoms with Gasteiger partial charge in [0, 0.05) is 19.1 Å². The normalized spacial score (nSPS) is 16.7. The van der Waals surface area contributed by atoms with Crippen molar-refractivity contribution in [2.75, 3.05) is 25.1 Å². The van der Waals surface area contributed by atoms with Crippen LogP contribution in [0.15, 0.2) is 18.2 Å². The number of hydrogen-bond donors (Lipinski definition) is 1. The molecule has 1 aromatic rings. The van der Waals surface area contributed by atoms with Crippen LogP contribution in [0, 0.1) is 5.82 Å². The molecule has 2 N–H and O–H groups in total. The van der Waals surface area contributed by atoms with Crippen LogP contribution in [0.3, 0.4) is 0 Å². The van der Waals surface area contributed by atoms with E-state index in [0.29, 0.717) is 24.3 Å². The summed E-state index contributed by atoms with van der Waals surface area (Å²) in [5.41, 5.74) is 6.63. The third-order valence-electron chi connectivity index (χ3n) is 3.25. The van der Waals surface area contributed by atoms with Crippen LogP contribution in [-0.2, 0) is 4.74 Å². The third-order valence-corrected chi connectivity index (χ3v) is 3.25. The van der Waals surface area contributed by atoms with Crippen molar-refractivity contribution in [3.63, 3.8) is 0 Å². The van der Waals surface area contributed by atoms with Crippen LogP contribution >= 0.6 is 0 Å². The Labute approximate surface area is 106 Å². The van der Waals surface area contributed by atoms with E-state index in [1.807, 2.05) is 4.90 Å². The number of methoxy groups -OCH3 is 1. The topological polar surface area (TPSA) is 55.6 Å². The van der Waals surface area contributed by atoms with Crippen LogP contribution in [0.2, 0.25) is 0 Å². The predicted molar refractivity (Wildman–Crippen MR) is 67.2 cm³/mol. The molecule has 1 aliphatic heterocycles. The van der Waals surface area contributed by atoms with Crippen LogP contribution in [0.25, 0.3) is 0 Å². The number of halogens is 1. The van der Waals surface area contributed by atoms with E-state index in [0.717, 1.165) is 12.8 Å². The second-order valence-electron chi connectivity index (χ2n) is 4.48. The van der Waals surface area contributed by atoms with Gasteiger partial charge >= 0.3 is 5.97 Å². The number of nitrogens with two attached hydrogens (primary N) is 1. The first-order valence-electron chi connectivity index (χ1n) is 6.00. The van der Waals surface area contributed by atoms with Gasteiger partial charge in [0.15, 0.2) is 0 Å². The molecule has 0 amide bonds. The molecule has 98 valence electrons. The van der Waals surface area contributed by atoms with Crippen molar-refractivity contribution >= 4 is 11.7 Å². The second kappa shape index (κ2) is 5.35. The van der Waals surface area contributed by atoms with E-state index >= 15 is 0 Å². The van der Waals surface area contributed by atoms with Gasteiger partial charge in [-0.15, -0.1) is 0 Å². The number of rotatable bonds is 2. The van der Waals surface area contributed by atoms with Gasteiger partial charge in [-0.2, -0.15) is 0 Å². The van der Waals surface area contributed by atoms with Crippen molar-refractivity contribution in [2.45, 2.75) is 18.9 Å². The fourth-order valence-corrected chi connectivity index (χ4v) is 2.14. The number of carbonyl (C=O) groups excluding carboxylic acids is 1. The highest BCUT2D eigenvalue weighted by Gasteiger charge is 2.20. The number of benzene rings is 1. The van der Waals surface area contributed by atoms with Gasteiger partial charge in [-0.05, 0) is 31.0 Å². The smallest absolute Gasteiger partial charge is 0.337 e. The molecule has 0 atom stereocenters. The summed E-state index contributed by atoms with van der Waals surface area (Å²) in [5, 5.41) is 0. The minimum Gasteiger partial charge on any atom is -0.465 e. The van der Waals surface area contributed by atoms with E-state index in [4.69, 9.17) is 5.73 Å². The second-order valence-corrected chi connectivity index (χ2v) is 4.48. The van der Waals surface area contributed by atoms with Gasteiger partial charge in [-0.1, -0.05) is 0 Å². The first kappa shape index (κ1) is 12.8. The molecule has 18 heavy (non-hydrogen) atoms. The monoisotopic (exact) mass is 252 g/mol. The van der Waals surface area contributed by atoms with E-state index in [2.05, 4.69) is 4.74 Å². The number of esters is 1. The van der Waals surface area contributed by atoms with E-state index in [-0.39, 0.29) is 11.9 Å². The van der Waals surface area contributed by atoms with Gasteiger partial charge < -0.3 is 15.4 Å². The number of hydrogen-bond acceptors (Lipinski definition) is 4. The quantitative estimate of drug-likeness (QED) is 0.811. The molecule has 0 unspecified atom stereocenters. The van der Waals surface area contributed by atoms with Crippen LogP contribution in [0.4, 0.5) is 10.1 Å². The summed E-state index contributed by atoms with van der Waals surface area (Å²) < 4.78 is 18.4. The van der Waals surface area contributed by atoms with Crippen molar-refractivity contribution in [3.8, 4) is 0 Å². The zero-order chi connectivity index (χ0) is 13.1. The summed E-state index contributed by atoms with van der Waals surface area (Å²) in [7, 11) is 1.31. The van der Waals surface area contributed by atoms with Crippen molar-refractivity contribution in [1.29, 1.82) is 0 Å². The lowest BCUT2D eigenvalue weighted by molar-refractivity contribution is 0.0600. The van der Waals surface area contributed by atoms with E-state index in [1.165, 1.54) is 25.3 Å². The molecule has 1 aliphatic rings. The number of piperidine rings is 1. The summed E-state index contributed by atoms with van der Waals surface area (Å²) in [5.74, 6) is -0.775. The Morgan fingerprint density at radius 3 is 2.72 bits per heavy atom. The van der Waals surface area contributed by atoms with Crippen LogP contribution in [0.5, 0.6) is 0 Å². The van der Waals surface area contributed by atoms with Crippen LogP contribution in [0.1, 0.15) is 23.2 Å². The standard InChI is InChI=1S/C13H17FN2O2/c1-18-13(17)9-2-3-11(14)12(8-9)16-6-4-10(15)5-7-16/h2-3,8,10H,4-7,15H2,1H3. The maximum absolute atomic E-state index is 13.8. The molecular weight excluding hydrogens is 235 g/mol. The zero-order valence-corrected chi connectivity index (χ0v) is 10.4. The summed E-state index contributed by atoms with van der Waals surface area (Å²) in [6.07, 6.45) is 1.67. The molecule has 0 spiro atoms. The van der Waals surface area contributed by atoms with Crippen LogP contribution < -0.4 is 10.6 Å². The van der Waals surface area contributed by atoms with Crippen molar-refractivity contribution in [1.82, 2.24) is 0 Å². The highest BCUT2D eigenvalue weighted by Crippen LogP contribution is 2.24. The molecular formula is C13H17FN2O2. The summed E-state index contributed by atoms with van der Waals surface area (Å²) in [6, 6.07) is 4.46. The van der Waals surface area contributed by atoms with Gasteiger partial charge in [-0.25, -0.2) is 9.18 Å². The number of nitrogens with zero attached hydrogens (tertiary/aromatic N) is 1. The molecule has 1 fully saturated rings. The molecule has 0 saturated carbocycles. The Balaban J connectivity index is 2.23. The molecule has 1 heterocycles. The third kappa shape index (κ3) is 2.61. The lowest BCUT2D eigenvalue weighted by Gasteiger charge is -2.32. The molecule has 5 heteroatoms. The largest absolute Gasteiger partial charge is 0.465 e. The molecule has 0 aliphatic carbocycles. The fraction of sp³-hybridized carbons (Fsp3) is 0.462. The number of ether oxygens (including phenoxy) is 1. The number of carbonyl (C=O) groups is 1. The van der Waals surface area contributed by atoms with Gasteiger partial charge in [0.1, 0.15) is 5.82 Å². The molecule has 0 aromatic heterocycles. The van der Waals surface area contributed by atoms with Gasteiger partial charge in [-0.3, -0.25) is 0 Å². The van der Waals surface area contributed by atoms with E-state index in [1.54, 1.807) is 0 Å².